The number of hydrogen-bond acceptors (Lipinski definition) is 2. The molecule has 2 heterocycles. The molecule has 0 atom stereocenters. The summed E-state index contributed by atoms with van der Waals surface area (Å²) in [6.45, 7) is 4.28. The Bertz CT molecular complexity index is 1620. The lowest BCUT2D eigenvalue weighted by atomic mass is 10.1. The van der Waals surface area contributed by atoms with Crippen LogP contribution in [-0.2, 0) is 13.6 Å². The Morgan fingerprint density at radius 1 is 0.844 bits per heavy atom. The molecular weight excluding hydrogens is 422 g/mol. The molecule has 0 saturated carbocycles. The number of nitrogens with zero attached hydrogens (tertiary/aromatic N) is 3. The highest BCUT2D eigenvalue weighted by molar-refractivity contribution is 6.30. The zero-order valence-corrected chi connectivity index (χ0v) is 18.8. The van der Waals surface area contributed by atoms with Crippen molar-refractivity contribution >= 4 is 33.5 Å². The lowest BCUT2D eigenvalue weighted by Gasteiger charge is -2.14. The minimum Gasteiger partial charge on any atom is -0.338 e. The van der Waals surface area contributed by atoms with Gasteiger partial charge in [0.2, 0.25) is 0 Å². The third-order valence-electron chi connectivity index (χ3n) is 5.94. The number of halogens is 1. The highest BCUT2D eigenvalue weighted by Gasteiger charge is 2.21. The largest absolute Gasteiger partial charge is 0.338 e. The minimum atomic E-state index is -0.364. The van der Waals surface area contributed by atoms with Crippen molar-refractivity contribution in [2.24, 2.45) is 7.05 Å². The molecule has 0 radical (unpaired) electrons. The van der Waals surface area contributed by atoms with Crippen LogP contribution in [0, 0.1) is 13.8 Å². The first-order chi connectivity index (χ1) is 15.3. The Morgan fingerprint density at radius 3 is 2.28 bits per heavy atom. The van der Waals surface area contributed by atoms with E-state index in [1.165, 1.54) is 4.57 Å². The van der Waals surface area contributed by atoms with Gasteiger partial charge in [0.05, 0.1) is 23.3 Å². The summed E-state index contributed by atoms with van der Waals surface area (Å²) in [6.07, 6.45) is 0. The van der Waals surface area contributed by atoms with Crippen molar-refractivity contribution in [3.05, 3.63) is 109 Å². The van der Waals surface area contributed by atoms with Crippen molar-refractivity contribution in [3.8, 4) is 5.69 Å². The third-order valence-corrected chi connectivity index (χ3v) is 6.19. The monoisotopic (exact) mass is 443 g/mol. The fraction of sp³-hybridized carbons (Fsp3) is 0.154. The van der Waals surface area contributed by atoms with Gasteiger partial charge in [0.15, 0.2) is 0 Å². The number of rotatable bonds is 3. The second kappa shape index (κ2) is 7.53. The maximum absolute atomic E-state index is 13.8. The number of aryl methyl sites for hydroxylation is 3. The molecule has 5 nitrogen and oxygen atoms in total. The molecule has 0 fully saturated rings. The van der Waals surface area contributed by atoms with E-state index in [9.17, 15) is 9.59 Å². The first-order valence-electron chi connectivity index (χ1n) is 10.4. The molecule has 0 spiro atoms. The topological polar surface area (TPSA) is 48.9 Å². The van der Waals surface area contributed by atoms with Crippen LogP contribution in [-0.4, -0.2) is 13.7 Å². The van der Waals surface area contributed by atoms with Gasteiger partial charge in [0, 0.05) is 17.5 Å². The molecule has 6 heteroatoms. The van der Waals surface area contributed by atoms with Crippen LogP contribution in [0.4, 0.5) is 0 Å². The van der Waals surface area contributed by atoms with Crippen molar-refractivity contribution < 1.29 is 0 Å². The van der Waals surface area contributed by atoms with Gasteiger partial charge in [0.1, 0.15) is 5.52 Å². The summed E-state index contributed by atoms with van der Waals surface area (Å²) in [5, 5.41) is 1.53. The number of aromatic nitrogens is 3. The highest BCUT2D eigenvalue weighted by Crippen LogP contribution is 2.27. The Balaban J connectivity index is 1.94. The van der Waals surface area contributed by atoms with Crippen LogP contribution in [0.1, 0.15) is 16.7 Å². The van der Waals surface area contributed by atoms with E-state index in [0.29, 0.717) is 28.3 Å². The molecule has 0 bridgehead atoms. The van der Waals surface area contributed by atoms with Crippen LogP contribution in [0.3, 0.4) is 0 Å². The second-order valence-corrected chi connectivity index (χ2v) is 8.69. The van der Waals surface area contributed by atoms with E-state index in [4.69, 9.17) is 11.6 Å². The van der Waals surface area contributed by atoms with Gasteiger partial charge >= 0.3 is 5.69 Å². The van der Waals surface area contributed by atoms with Gasteiger partial charge in [-0.2, -0.15) is 0 Å². The van der Waals surface area contributed by atoms with Gasteiger partial charge in [-0.25, -0.2) is 9.36 Å². The van der Waals surface area contributed by atoms with Gasteiger partial charge in [-0.3, -0.25) is 9.36 Å². The predicted octanol–water partition coefficient (Wildman–Crippen LogP) is 4.96. The Kier molecular flexibility index (Phi) is 4.79. The molecule has 0 amide bonds. The summed E-state index contributed by atoms with van der Waals surface area (Å²) in [6, 6.07) is 20.9. The predicted molar refractivity (Wildman–Crippen MR) is 130 cm³/mol. The van der Waals surface area contributed by atoms with Gasteiger partial charge in [-0.15, -0.1) is 0 Å². The van der Waals surface area contributed by atoms with Gasteiger partial charge in [0.25, 0.3) is 5.56 Å². The maximum Gasteiger partial charge on any atom is 0.336 e. The molecule has 3 aromatic carbocycles. The fourth-order valence-electron chi connectivity index (χ4n) is 4.38. The Hall–Kier alpha value is -3.57. The van der Waals surface area contributed by atoms with Crippen LogP contribution in [0.2, 0.25) is 5.02 Å². The zero-order chi connectivity index (χ0) is 22.6. The van der Waals surface area contributed by atoms with Gasteiger partial charge < -0.3 is 4.57 Å². The Morgan fingerprint density at radius 2 is 1.56 bits per heavy atom. The van der Waals surface area contributed by atoms with Crippen molar-refractivity contribution in [1.29, 1.82) is 0 Å². The second-order valence-electron chi connectivity index (χ2n) is 8.25. The fourth-order valence-corrected chi connectivity index (χ4v) is 4.51. The smallest absolute Gasteiger partial charge is 0.336 e. The SMILES string of the molecule is Cc1cccc(-n2c(=O)c3c(c4cc(C)ccc4n3C)n(Cc3ccc(Cl)cc3)c2=O)c1. The van der Waals surface area contributed by atoms with Crippen LogP contribution < -0.4 is 11.2 Å². The Labute approximate surface area is 189 Å². The van der Waals surface area contributed by atoms with Crippen LogP contribution in [0.25, 0.3) is 27.6 Å². The zero-order valence-electron chi connectivity index (χ0n) is 18.1. The van der Waals surface area contributed by atoms with Crippen LogP contribution in [0.5, 0.6) is 0 Å². The van der Waals surface area contributed by atoms with Gasteiger partial charge in [-0.05, 0) is 61.4 Å². The normalized spacial score (nSPS) is 11.5. The molecule has 0 aliphatic heterocycles. The number of benzene rings is 3. The molecule has 5 rings (SSSR count). The molecule has 0 unspecified atom stereocenters. The first kappa shape index (κ1) is 20.3. The highest BCUT2D eigenvalue weighted by atomic mass is 35.5. The molecule has 5 aromatic rings. The summed E-state index contributed by atoms with van der Waals surface area (Å²) in [5.41, 5.74) is 4.92. The van der Waals surface area contributed by atoms with Crippen molar-refractivity contribution in [2.75, 3.05) is 0 Å². The van der Waals surface area contributed by atoms with Crippen molar-refractivity contribution in [1.82, 2.24) is 13.7 Å². The average Bonchev–Trinajstić information content (AvgIpc) is 3.04. The maximum atomic E-state index is 13.8. The molecule has 2 aromatic heterocycles. The summed E-state index contributed by atoms with van der Waals surface area (Å²) >= 11 is 6.06. The van der Waals surface area contributed by atoms with Gasteiger partial charge in [-0.1, -0.05) is 47.5 Å². The van der Waals surface area contributed by atoms with Crippen molar-refractivity contribution in [3.63, 3.8) is 0 Å². The van der Waals surface area contributed by atoms with Crippen LogP contribution in [0.15, 0.2) is 76.3 Å². The summed E-state index contributed by atoms with van der Waals surface area (Å²) in [5.74, 6) is 0. The summed E-state index contributed by atoms with van der Waals surface area (Å²) in [7, 11) is 1.87. The number of hydrogen-bond donors (Lipinski definition) is 0. The molecular formula is C26H22ClN3O2. The number of fused-ring (bicyclic) bond motifs is 3. The molecule has 0 aliphatic carbocycles. The summed E-state index contributed by atoms with van der Waals surface area (Å²) in [4.78, 5) is 27.5. The molecule has 0 aliphatic rings. The van der Waals surface area contributed by atoms with E-state index in [0.717, 1.165) is 27.6 Å². The molecule has 160 valence electrons. The van der Waals surface area contributed by atoms with Crippen LogP contribution >= 0.6 is 11.6 Å². The van der Waals surface area contributed by atoms with E-state index in [1.54, 1.807) is 10.6 Å². The van der Waals surface area contributed by atoms with E-state index in [-0.39, 0.29) is 11.2 Å². The van der Waals surface area contributed by atoms with E-state index in [2.05, 4.69) is 0 Å². The first-order valence-corrected chi connectivity index (χ1v) is 10.8. The van der Waals surface area contributed by atoms with E-state index >= 15 is 0 Å². The molecule has 32 heavy (non-hydrogen) atoms. The lowest BCUT2D eigenvalue weighted by molar-refractivity contribution is 0.712. The minimum absolute atomic E-state index is 0.320. The van der Waals surface area contributed by atoms with E-state index in [1.807, 2.05) is 86.1 Å². The quantitative estimate of drug-likeness (QED) is 0.395. The standard InChI is InChI=1S/C26H22ClN3O2/c1-16-5-4-6-20(13-16)30-25(31)24-23(21-14-17(2)7-12-22(21)28(24)3)29(26(30)32)15-18-8-10-19(27)11-9-18/h4-14H,15H2,1-3H3. The molecule has 0 N–H and O–H groups in total. The van der Waals surface area contributed by atoms with Crippen molar-refractivity contribution in [2.45, 2.75) is 20.4 Å². The summed E-state index contributed by atoms with van der Waals surface area (Å²) < 4.78 is 4.86. The lowest BCUT2D eigenvalue weighted by Crippen LogP contribution is -2.39. The van der Waals surface area contributed by atoms with E-state index < -0.39 is 0 Å². The average molecular weight is 444 g/mol. The third kappa shape index (κ3) is 3.17. The molecule has 0 saturated heterocycles.